The van der Waals surface area contributed by atoms with E-state index in [9.17, 15) is 13.2 Å². The summed E-state index contributed by atoms with van der Waals surface area (Å²) >= 11 is 7.61. The number of aromatic nitrogens is 1. The van der Waals surface area contributed by atoms with E-state index in [0.717, 1.165) is 26.3 Å². The molecule has 0 saturated carbocycles. The molecule has 7 nitrogen and oxygen atoms in total. The number of nitrogens with zero attached hydrogens (tertiary/aromatic N) is 4. The number of thiazole rings is 1. The minimum atomic E-state index is -3.45. The van der Waals surface area contributed by atoms with Crippen LogP contribution < -0.4 is 4.90 Å². The molecule has 0 saturated heterocycles. The summed E-state index contributed by atoms with van der Waals surface area (Å²) in [5, 5.41) is 1.10. The van der Waals surface area contributed by atoms with Gasteiger partial charge < -0.3 is 4.90 Å². The van der Waals surface area contributed by atoms with Crippen molar-refractivity contribution in [3.05, 3.63) is 22.7 Å². The Morgan fingerprint density at radius 2 is 1.88 bits per heavy atom. The van der Waals surface area contributed by atoms with Gasteiger partial charge in [0.2, 0.25) is 15.9 Å². The Morgan fingerprint density at radius 3 is 2.42 bits per heavy atom. The smallest absolute Gasteiger partial charge is 0.244 e. The van der Waals surface area contributed by atoms with E-state index in [-0.39, 0.29) is 12.5 Å². The van der Waals surface area contributed by atoms with E-state index < -0.39 is 10.0 Å². The standard InChI is InChI=1S/C16H23ClN4O3S2/c1-11-6-7-12(17)15-14(11)18-16(25-15)21(9-8-19(2)3)13(22)10-20(4)26(5,23)24/h6-7H,8-10H2,1-5H3. The van der Waals surface area contributed by atoms with E-state index in [4.69, 9.17) is 11.6 Å². The SMILES string of the molecule is Cc1ccc(Cl)c2sc(N(CCN(C)C)C(=O)CN(C)S(C)(=O)=O)nc12. The summed E-state index contributed by atoms with van der Waals surface area (Å²) in [5.74, 6) is -0.326. The van der Waals surface area contributed by atoms with Crippen molar-refractivity contribution in [3.63, 3.8) is 0 Å². The minimum Gasteiger partial charge on any atom is -0.308 e. The molecule has 0 aliphatic heterocycles. The molecule has 0 atom stereocenters. The van der Waals surface area contributed by atoms with Gasteiger partial charge in [0.1, 0.15) is 0 Å². The minimum absolute atomic E-state index is 0.241. The number of aryl methyl sites for hydroxylation is 1. The molecule has 144 valence electrons. The van der Waals surface area contributed by atoms with Crippen LogP contribution in [-0.4, -0.2) is 75.5 Å². The van der Waals surface area contributed by atoms with Crippen LogP contribution >= 0.6 is 22.9 Å². The molecular formula is C16H23ClN4O3S2. The van der Waals surface area contributed by atoms with Crippen LogP contribution in [0.5, 0.6) is 0 Å². The van der Waals surface area contributed by atoms with Gasteiger partial charge in [0.25, 0.3) is 0 Å². The van der Waals surface area contributed by atoms with Crippen molar-refractivity contribution in [2.24, 2.45) is 0 Å². The highest BCUT2D eigenvalue weighted by atomic mass is 35.5. The first kappa shape index (κ1) is 21.0. The topological polar surface area (TPSA) is 73.8 Å². The third-order valence-corrected chi connectivity index (χ3v) is 6.71. The van der Waals surface area contributed by atoms with Gasteiger partial charge in [0.05, 0.1) is 28.0 Å². The lowest BCUT2D eigenvalue weighted by Gasteiger charge is -2.24. The van der Waals surface area contributed by atoms with E-state index in [1.54, 1.807) is 0 Å². The van der Waals surface area contributed by atoms with Gasteiger partial charge >= 0.3 is 0 Å². The van der Waals surface area contributed by atoms with E-state index in [1.165, 1.54) is 23.3 Å². The van der Waals surface area contributed by atoms with Crippen molar-refractivity contribution >= 4 is 54.2 Å². The third kappa shape index (κ3) is 4.92. The van der Waals surface area contributed by atoms with Crippen LogP contribution in [0, 0.1) is 6.92 Å². The van der Waals surface area contributed by atoms with E-state index in [0.29, 0.717) is 23.2 Å². The predicted octanol–water partition coefficient (Wildman–Crippen LogP) is 2.04. The molecular weight excluding hydrogens is 396 g/mol. The summed E-state index contributed by atoms with van der Waals surface area (Å²) in [7, 11) is 1.75. The second kappa shape index (κ2) is 8.18. The Labute approximate surface area is 163 Å². The number of benzene rings is 1. The van der Waals surface area contributed by atoms with Gasteiger partial charge in [-0.3, -0.25) is 9.69 Å². The number of carbonyl (C=O) groups is 1. The number of anilines is 1. The molecule has 1 heterocycles. The normalized spacial score (nSPS) is 12.3. The molecule has 0 aliphatic carbocycles. The number of fused-ring (bicyclic) bond motifs is 1. The highest BCUT2D eigenvalue weighted by Gasteiger charge is 2.24. The Balaban J connectivity index is 2.40. The maximum Gasteiger partial charge on any atom is 0.244 e. The average Bonchev–Trinajstić information content (AvgIpc) is 2.96. The second-order valence-corrected chi connectivity index (χ2v) is 9.88. The van der Waals surface area contributed by atoms with Gasteiger partial charge in [0, 0.05) is 20.1 Å². The number of sulfonamides is 1. The number of halogens is 1. The van der Waals surface area contributed by atoms with Crippen molar-refractivity contribution in [1.82, 2.24) is 14.2 Å². The second-order valence-electron chi connectivity index (χ2n) is 6.41. The lowest BCUT2D eigenvalue weighted by Crippen LogP contribution is -2.43. The maximum absolute atomic E-state index is 12.8. The largest absolute Gasteiger partial charge is 0.308 e. The molecule has 2 aromatic rings. The number of rotatable bonds is 7. The molecule has 1 amide bonds. The van der Waals surface area contributed by atoms with Gasteiger partial charge in [-0.05, 0) is 32.6 Å². The quantitative estimate of drug-likeness (QED) is 0.687. The molecule has 1 aromatic carbocycles. The Kier molecular flexibility index (Phi) is 6.62. The number of hydrogen-bond acceptors (Lipinski definition) is 6. The third-order valence-electron chi connectivity index (χ3n) is 3.91. The van der Waals surface area contributed by atoms with Gasteiger partial charge in [-0.2, -0.15) is 4.31 Å². The van der Waals surface area contributed by atoms with E-state index in [1.807, 2.05) is 38.1 Å². The van der Waals surface area contributed by atoms with Crippen molar-refractivity contribution in [3.8, 4) is 0 Å². The van der Waals surface area contributed by atoms with Gasteiger partial charge in [-0.1, -0.05) is 29.0 Å². The van der Waals surface area contributed by atoms with Crippen LogP contribution in [-0.2, 0) is 14.8 Å². The number of likely N-dealkylation sites (N-methyl/N-ethyl adjacent to an activating group) is 2. The van der Waals surface area contributed by atoms with Crippen LogP contribution in [0.15, 0.2) is 12.1 Å². The number of carbonyl (C=O) groups excluding carboxylic acids is 1. The van der Waals surface area contributed by atoms with Crippen LogP contribution in [0.25, 0.3) is 10.2 Å². The Bertz CT molecular complexity index is 873. The van der Waals surface area contributed by atoms with E-state index >= 15 is 0 Å². The fourth-order valence-electron chi connectivity index (χ4n) is 2.23. The lowest BCUT2D eigenvalue weighted by atomic mass is 10.2. The Morgan fingerprint density at radius 1 is 1.23 bits per heavy atom. The molecule has 10 heteroatoms. The first-order valence-corrected chi connectivity index (χ1v) is 11.0. The van der Waals surface area contributed by atoms with Crippen molar-refractivity contribution < 1.29 is 13.2 Å². The van der Waals surface area contributed by atoms with Crippen LogP contribution in [0.2, 0.25) is 5.02 Å². The van der Waals surface area contributed by atoms with Gasteiger partial charge in [0.15, 0.2) is 5.13 Å². The molecule has 0 aliphatic rings. The van der Waals surface area contributed by atoms with Crippen LogP contribution in [0.4, 0.5) is 5.13 Å². The first-order chi connectivity index (χ1) is 12.0. The maximum atomic E-state index is 12.8. The fraction of sp³-hybridized carbons (Fsp3) is 0.500. The highest BCUT2D eigenvalue weighted by molar-refractivity contribution is 7.88. The molecule has 0 fully saturated rings. The zero-order valence-electron chi connectivity index (χ0n) is 15.5. The van der Waals surface area contributed by atoms with Crippen LogP contribution in [0.3, 0.4) is 0 Å². The zero-order valence-corrected chi connectivity index (χ0v) is 17.9. The molecule has 1 aromatic heterocycles. The lowest BCUT2D eigenvalue weighted by molar-refractivity contribution is -0.118. The highest BCUT2D eigenvalue weighted by Crippen LogP contribution is 2.35. The van der Waals surface area contributed by atoms with Crippen molar-refractivity contribution in [1.29, 1.82) is 0 Å². The number of amides is 1. The molecule has 0 N–H and O–H groups in total. The zero-order chi connectivity index (χ0) is 19.6. The summed E-state index contributed by atoms with van der Waals surface area (Å²) in [4.78, 5) is 20.9. The van der Waals surface area contributed by atoms with E-state index in [2.05, 4.69) is 4.98 Å². The average molecular weight is 419 g/mol. The number of hydrogen-bond donors (Lipinski definition) is 0. The van der Waals surface area contributed by atoms with Crippen LogP contribution in [0.1, 0.15) is 5.56 Å². The summed E-state index contributed by atoms with van der Waals surface area (Å²) in [6.45, 7) is 2.72. The first-order valence-electron chi connectivity index (χ1n) is 7.92. The Hall–Kier alpha value is -1.26. The summed E-state index contributed by atoms with van der Waals surface area (Å²) in [6.07, 6.45) is 1.07. The van der Waals surface area contributed by atoms with Gasteiger partial charge in [-0.25, -0.2) is 13.4 Å². The molecule has 0 bridgehead atoms. The summed E-state index contributed by atoms with van der Waals surface area (Å²) in [5.41, 5.74) is 1.73. The van der Waals surface area contributed by atoms with Crippen molar-refractivity contribution in [2.45, 2.75) is 6.92 Å². The van der Waals surface area contributed by atoms with Crippen molar-refractivity contribution in [2.75, 3.05) is 51.9 Å². The summed E-state index contributed by atoms with van der Waals surface area (Å²) < 4.78 is 25.1. The van der Waals surface area contributed by atoms with Gasteiger partial charge in [-0.15, -0.1) is 0 Å². The monoisotopic (exact) mass is 418 g/mol. The molecule has 0 radical (unpaired) electrons. The fourth-order valence-corrected chi connectivity index (χ4v) is 3.93. The summed E-state index contributed by atoms with van der Waals surface area (Å²) in [6, 6.07) is 3.70. The predicted molar refractivity (Wildman–Crippen MR) is 108 cm³/mol. The molecule has 0 unspecified atom stereocenters. The molecule has 2 rings (SSSR count). The molecule has 0 spiro atoms. The molecule has 26 heavy (non-hydrogen) atoms.